The van der Waals surface area contributed by atoms with Gasteiger partial charge in [0.1, 0.15) is 11.6 Å². The second-order valence-corrected chi connectivity index (χ2v) is 7.61. The van der Waals surface area contributed by atoms with Crippen LogP contribution in [0, 0.1) is 11.7 Å². The molecule has 1 aromatic carbocycles. The van der Waals surface area contributed by atoms with Crippen molar-refractivity contribution < 1.29 is 14.0 Å². The Kier molecular flexibility index (Phi) is 5.11. The van der Waals surface area contributed by atoms with Gasteiger partial charge in [0.15, 0.2) is 5.82 Å². The molecule has 2 aromatic rings. The lowest BCUT2D eigenvalue weighted by atomic mass is 9.96. The normalized spacial score (nSPS) is 21.9. The third-order valence-corrected chi connectivity index (χ3v) is 5.63. The van der Waals surface area contributed by atoms with Crippen LogP contribution in [0.1, 0.15) is 32.0 Å². The molecule has 2 aliphatic heterocycles. The van der Waals surface area contributed by atoms with Crippen molar-refractivity contribution >= 4 is 11.8 Å². The van der Waals surface area contributed by atoms with Crippen molar-refractivity contribution in [3.63, 3.8) is 0 Å². The SMILES string of the molecule is CC(=O)N1CCCC(C(=O)NC2CCc3nnc(-c4ccc(F)cc4)n3C2)C1. The minimum atomic E-state index is -0.292. The zero-order chi connectivity index (χ0) is 19.7. The van der Waals surface area contributed by atoms with Gasteiger partial charge in [-0.15, -0.1) is 10.2 Å². The molecule has 2 atom stereocenters. The van der Waals surface area contributed by atoms with Crippen molar-refractivity contribution in [2.24, 2.45) is 5.92 Å². The van der Waals surface area contributed by atoms with Crippen LogP contribution in [0.25, 0.3) is 11.4 Å². The van der Waals surface area contributed by atoms with E-state index in [-0.39, 0.29) is 29.6 Å². The Balaban J connectivity index is 1.44. The highest BCUT2D eigenvalue weighted by Gasteiger charge is 2.30. The van der Waals surface area contributed by atoms with Gasteiger partial charge in [-0.2, -0.15) is 0 Å². The van der Waals surface area contributed by atoms with Crippen LogP contribution in [0.2, 0.25) is 0 Å². The van der Waals surface area contributed by atoms with Crippen molar-refractivity contribution in [3.05, 3.63) is 35.9 Å². The van der Waals surface area contributed by atoms with Gasteiger partial charge < -0.3 is 14.8 Å². The fourth-order valence-electron chi connectivity index (χ4n) is 4.05. The molecule has 8 heteroatoms. The van der Waals surface area contributed by atoms with Gasteiger partial charge in [-0.25, -0.2) is 4.39 Å². The first kappa shape index (κ1) is 18.6. The lowest BCUT2D eigenvalue weighted by Gasteiger charge is -2.33. The largest absolute Gasteiger partial charge is 0.351 e. The number of halogens is 1. The highest BCUT2D eigenvalue weighted by molar-refractivity contribution is 5.81. The van der Waals surface area contributed by atoms with E-state index in [9.17, 15) is 14.0 Å². The molecule has 148 valence electrons. The van der Waals surface area contributed by atoms with E-state index in [2.05, 4.69) is 15.5 Å². The summed E-state index contributed by atoms with van der Waals surface area (Å²) in [5.74, 6) is 1.15. The molecular formula is C20H24FN5O2. The van der Waals surface area contributed by atoms with E-state index in [4.69, 9.17) is 0 Å². The number of nitrogens with one attached hydrogen (secondary N) is 1. The number of carbonyl (C=O) groups excluding carboxylic acids is 2. The molecule has 0 aliphatic carbocycles. The van der Waals surface area contributed by atoms with E-state index in [1.54, 1.807) is 24.0 Å². The summed E-state index contributed by atoms with van der Waals surface area (Å²) in [4.78, 5) is 26.1. The molecule has 2 unspecified atom stereocenters. The van der Waals surface area contributed by atoms with Crippen molar-refractivity contribution in [3.8, 4) is 11.4 Å². The van der Waals surface area contributed by atoms with Crippen LogP contribution in [0.15, 0.2) is 24.3 Å². The summed E-state index contributed by atoms with van der Waals surface area (Å²) in [5, 5.41) is 11.7. The standard InChI is InChI=1S/C20H24FN5O2/c1-13(27)25-10-2-3-15(11-25)20(28)22-17-8-9-18-23-24-19(26(18)12-17)14-4-6-16(21)7-5-14/h4-7,15,17H,2-3,8-12H2,1H3,(H,22,28). The first-order valence-corrected chi connectivity index (χ1v) is 9.75. The number of nitrogens with zero attached hydrogens (tertiary/aromatic N) is 4. The average molecular weight is 385 g/mol. The molecule has 0 bridgehead atoms. The van der Waals surface area contributed by atoms with E-state index in [0.717, 1.165) is 43.6 Å². The third kappa shape index (κ3) is 3.76. The van der Waals surface area contributed by atoms with Crippen LogP contribution in [-0.4, -0.2) is 50.6 Å². The maximum absolute atomic E-state index is 13.2. The average Bonchev–Trinajstić information content (AvgIpc) is 3.12. The first-order chi connectivity index (χ1) is 13.5. The third-order valence-electron chi connectivity index (χ3n) is 5.63. The number of aryl methyl sites for hydroxylation is 1. The summed E-state index contributed by atoms with van der Waals surface area (Å²) < 4.78 is 15.2. The van der Waals surface area contributed by atoms with Crippen LogP contribution >= 0.6 is 0 Å². The minimum Gasteiger partial charge on any atom is -0.351 e. The molecule has 0 radical (unpaired) electrons. The predicted molar refractivity (Wildman–Crippen MR) is 101 cm³/mol. The molecule has 7 nitrogen and oxygen atoms in total. The van der Waals surface area contributed by atoms with Crippen molar-refractivity contribution in [1.82, 2.24) is 25.0 Å². The summed E-state index contributed by atoms with van der Waals surface area (Å²) in [6.07, 6.45) is 3.19. The van der Waals surface area contributed by atoms with Crippen molar-refractivity contribution in [2.75, 3.05) is 13.1 Å². The number of carbonyl (C=O) groups is 2. The van der Waals surface area contributed by atoms with Gasteiger partial charge in [0, 0.05) is 44.6 Å². The summed E-state index contributed by atoms with van der Waals surface area (Å²) in [6.45, 7) is 3.36. The van der Waals surface area contributed by atoms with Gasteiger partial charge in [0.25, 0.3) is 0 Å². The summed E-state index contributed by atoms with van der Waals surface area (Å²) in [5.41, 5.74) is 0.802. The Bertz CT molecular complexity index is 879. The minimum absolute atomic E-state index is 0.0100. The second kappa shape index (κ2) is 7.69. The number of aromatic nitrogens is 3. The number of hydrogen-bond acceptors (Lipinski definition) is 4. The number of amides is 2. The van der Waals surface area contributed by atoms with Crippen LogP contribution in [0.4, 0.5) is 4.39 Å². The van der Waals surface area contributed by atoms with Crippen LogP contribution < -0.4 is 5.32 Å². The van der Waals surface area contributed by atoms with Gasteiger partial charge in [-0.05, 0) is 43.5 Å². The molecule has 2 aliphatic rings. The van der Waals surface area contributed by atoms with E-state index in [1.807, 2.05) is 4.57 Å². The van der Waals surface area contributed by atoms with Crippen molar-refractivity contribution in [2.45, 2.75) is 45.2 Å². The van der Waals surface area contributed by atoms with Gasteiger partial charge in [-0.3, -0.25) is 9.59 Å². The Hall–Kier alpha value is -2.77. The number of fused-ring (bicyclic) bond motifs is 1. The number of rotatable bonds is 3. The summed E-state index contributed by atoms with van der Waals surface area (Å²) in [6, 6.07) is 6.18. The van der Waals surface area contributed by atoms with Crippen LogP contribution in [-0.2, 0) is 22.6 Å². The Morgan fingerprint density at radius 1 is 1.14 bits per heavy atom. The smallest absolute Gasteiger partial charge is 0.225 e. The number of benzene rings is 1. The molecule has 0 spiro atoms. The molecule has 1 saturated heterocycles. The van der Waals surface area contributed by atoms with Gasteiger partial charge in [0.2, 0.25) is 11.8 Å². The zero-order valence-corrected chi connectivity index (χ0v) is 15.9. The van der Waals surface area contributed by atoms with Crippen LogP contribution in [0.3, 0.4) is 0 Å². The Morgan fingerprint density at radius 2 is 1.93 bits per heavy atom. The molecule has 1 fully saturated rings. The molecular weight excluding hydrogens is 361 g/mol. The zero-order valence-electron chi connectivity index (χ0n) is 15.9. The monoisotopic (exact) mass is 385 g/mol. The molecule has 1 N–H and O–H groups in total. The van der Waals surface area contributed by atoms with E-state index >= 15 is 0 Å². The molecule has 3 heterocycles. The molecule has 0 saturated carbocycles. The quantitative estimate of drug-likeness (QED) is 0.873. The summed E-state index contributed by atoms with van der Waals surface area (Å²) >= 11 is 0. The van der Waals surface area contributed by atoms with Gasteiger partial charge >= 0.3 is 0 Å². The molecule has 2 amide bonds. The topological polar surface area (TPSA) is 80.1 Å². The lowest BCUT2D eigenvalue weighted by Crippen LogP contribution is -2.48. The summed E-state index contributed by atoms with van der Waals surface area (Å²) in [7, 11) is 0. The Morgan fingerprint density at radius 3 is 2.68 bits per heavy atom. The van der Waals surface area contributed by atoms with E-state index in [0.29, 0.717) is 18.9 Å². The lowest BCUT2D eigenvalue weighted by molar-refractivity contribution is -0.134. The molecule has 4 rings (SSSR count). The van der Waals surface area contributed by atoms with Gasteiger partial charge in [-0.1, -0.05) is 0 Å². The fraction of sp³-hybridized carbons (Fsp3) is 0.500. The van der Waals surface area contributed by atoms with Crippen LogP contribution in [0.5, 0.6) is 0 Å². The Labute approximate surface area is 162 Å². The molecule has 1 aromatic heterocycles. The maximum atomic E-state index is 13.2. The fourth-order valence-corrected chi connectivity index (χ4v) is 4.05. The van der Waals surface area contributed by atoms with E-state index < -0.39 is 0 Å². The maximum Gasteiger partial charge on any atom is 0.225 e. The van der Waals surface area contributed by atoms with E-state index in [1.165, 1.54) is 12.1 Å². The number of likely N-dealkylation sites (tertiary alicyclic amines) is 1. The predicted octanol–water partition coefficient (Wildman–Crippen LogP) is 1.77. The highest BCUT2D eigenvalue weighted by atomic mass is 19.1. The van der Waals surface area contributed by atoms with Gasteiger partial charge in [0.05, 0.1) is 5.92 Å². The molecule has 28 heavy (non-hydrogen) atoms. The number of piperidine rings is 1. The second-order valence-electron chi connectivity index (χ2n) is 7.61. The number of hydrogen-bond donors (Lipinski definition) is 1. The van der Waals surface area contributed by atoms with Crippen molar-refractivity contribution in [1.29, 1.82) is 0 Å². The first-order valence-electron chi connectivity index (χ1n) is 9.75. The highest BCUT2D eigenvalue weighted by Crippen LogP contribution is 2.24.